The first-order chi connectivity index (χ1) is 15.5. The van der Waals surface area contributed by atoms with Gasteiger partial charge in [0.25, 0.3) is 5.91 Å². The summed E-state index contributed by atoms with van der Waals surface area (Å²) in [7, 11) is 0. The normalized spacial score (nSPS) is 19.6. The van der Waals surface area contributed by atoms with Crippen LogP contribution in [0.25, 0.3) is 0 Å². The summed E-state index contributed by atoms with van der Waals surface area (Å²) in [4.78, 5) is 30.3. The first-order valence-corrected chi connectivity index (χ1v) is 12.7. The largest absolute Gasteiger partial charge is 0.338 e. The van der Waals surface area contributed by atoms with E-state index in [-0.39, 0.29) is 17.7 Å². The van der Waals surface area contributed by atoms with Gasteiger partial charge in [0.05, 0.1) is 5.92 Å². The van der Waals surface area contributed by atoms with E-state index in [0.29, 0.717) is 18.7 Å². The monoisotopic (exact) mass is 451 g/mol. The van der Waals surface area contributed by atoms with Gasteiger partial charge in [0.1, 0.15) is 0 Å². The number of anilines is 1. The van der Waals surface area contributed by atoms with Crippen molar-refractivity contribution in [1.82, 2.24) is 9.80 Å². The fourth-order valence-electron chi connectivity index (χ4n) is 4.48. The van der Waals surface area contributed by atoms with E-state index >= 15 is 0 Å². The molecule has 2 aliphatic heterocycles. The summed E-state index contributed by atoms with van der Waals surface area (Å²) in [6.07, 6.45) is 1.66. The van der Waals surface area contributed by atoms with Crippen LogP contribution in [-0.2, 0) is 11.3 Å². The molecule has 170 valence electrons. The van der Waals surface area contributed by atoms with Crippen LogP contribution in [-0.4, -0.2) is 59.3 Å². The predicted octanol–water partition coefficient (Wildman–Crippen LogP) is 4.34. The van der Waals surface area contributed by atoms with Gasteiger partial charge in [-0.05, 0) is 56.0 Å². The van der Waals surface area contributed by atoms with E-state index < -0.39 is 0 Å². The quantitative estimate of drug-likeness (QED) is 0.735. The van der Waals surface area contributed by atoms with E-state index in [9.17, 15) is 9.59 Å². The summed E-state index contributed by atoms with van der Waals surface area (Å²) in [5, 5.41) is 3.16. The topological polar surface area (TPSA) is 52.7 Å². The van der Waals surface area contributed by atoms with E-state index in [0.717, 1.165) is 49.3 Å². The second-order valence-corrected chi connectivity index (χ2v) is 10.1. The predicted molar refractivity (Wildman–Crippen MR) is 132 cm³/mol. The van der Waals surface area contributed by atoms with Crippen LogP contribution in [0.2, 0.25) is 0 Å². The average Bonchev–Trinajstić information content (AvgIpc) is 2.82. The molecule has 0 bridgehead atoms. The van der Waals surface area contributed by atoms with E-state index in [2.05, 4.69) is 23.2 Å². The van der Waals surface area contributed by atoms with E-state index in [1.807, 2.05) is 60.0 Å². The Balaban J connectivity index is 1.39. The van der Waals surface area contributed by atoms with Gasteiger partial charge >= 0.3 is 0 Å². The third-order valence-corrected chi connectivity index (χ3v) is 7.52. The molecule has 0 radical (unpaired) electrons. The molecule has 6 heteroatoms. The van der Waals surface area contributed by atoms with Crippen molar-refractivity contribution in [2.45, 2.75) is 33.2 Å². The van der Waals surface area contributed by atoms with Crippen LogP contribution in [0.4, 0.5) is 5.69 Å². The number of aryl methyl sites for hydroxylation is 1. The Hall–Kier alpha value is -2.31. The molecule has 0 spiro atoms. The summed E-state index contributed by atoms with van der Waals surface area (Å²) < 4.78 is 0. The summed E-state index contributed by atoms with van der Waals surface area (Å²) in [6, 6.07) is 13.8. The zero-order valence-corrected chi connectivity index (χ0v) is 19.9. The highest BCUT2D eigenvalue weighted by Crippen LogP contribution is 2.25. The second kappa shape index (κ2) is 10.5. The first kappa shape index (κ1) is 22.9. The number of rotatable bonds is 5. The lowest BCUT2D eigenvalue weighted by atomic mass is 9.96. The number of hydrogen-bond acceptors (Lipinski definition) is 4. The van der Waals surface area contributed by atoms with Crippen molar-refractivity contribution >= 4 is 29.3 Å². The van der Waals surface area contributed by atoms with Crippen LogP contribution in [0.15, 0.2) is 42.5 Å². The van der Waals surface area contributed by atoms with Gasteiger partial charge in [0, 0.05) is 55.5 Å². The van der Waals surface area contributed by atoms with Crippen molar-refractivity contribution in [2.75, 3.05) is 43.0 Å². The number of carbonyl (C=O) groups is 2. The van der Waals surface area contributed by atoms with Crippen LogP contribution < -0.4 is 5.32 Å². The minimum absolute atomic E-state index is 0.0142. The van der Waals surface area contributed by atoms with Crippen LogP contribution in [0.1, 0.15) is 39.9 Å². The Bertz CT molecular complexity index is 954. The molecular formula is C26H33N3O2S. The van der Waals surface area contributed by atoms with E-state index in [1.165, 1.54) is 17.1 Å². The smallest absolute Gasteiger partial charge is 0.253 e. The van der Waals surface area contributed by atoms with Gasteiger partial charge in [-0.3, -0.25) is 14.5 Å². The van der Waals surface area contributed by atoms with Gasteiger partial charge in [-0.1, -0.05) is 29.8 Å². The standard InChI is InChI=1S/C26H33N3O2S/c1-19-8-10-21(11-9-19)26(31)29-12-4-6-23(18-29)25(30)27-24-7-3-5-22(20(24)2)17-28-13-15-32-16-14-28/h3,5,7-11,23H,4,6,12-18H2,1-2H3,(H,27,30). The Kier molecular flexibility index (Phi) is 7.53. The fraction of sp³-hybridized carbons (Fsp3) is 0.462. The van der Waals surface area contributed by atoms with Gasteiger partial charge < -0.3 is 10.2 Å². The number of nitrogens with zero attached hydrogens (tertiary/aromatic N) is 2. The first-order valence-electron chi connectivity index (χ1n) is 11.6. The maximum Gasteiger partial charge on any atom is 0.253 e. The molecule has 0 aliphatic carbocycles. The highest BCUT2D eigenvalue weighted by molar-refractivity contribution is 7.99. The number of piperidine rings is 1. The molecule has 1 atom stereocenters. The van der Waals surface area contributed by atoms with Gasteiger partial charge in [-0.15, -0.1) is 0 Å². The van der Waals surface area contributed by atoms with Gasteiger partial charge in [-0.2, -0.15) is 11.8 Å². The highest BCUT2D eigenvalue weighted by Gasteiger charge is 2.29. The molecule has 5 nitrogen and oxygen atoms in total. The molecule has 32 heavy (non-hydrogen) atoms. The third kappa shape index (κ3) is 5.54. The van der Waals surface area contributed by atoms with Crippen molar-refractivity contribution in [3.8, 4) is 0 Å². The highest BCUT2D eigenvalue weighted by atomic mass is 32.2. The van der Waals surface area contributed by atoms with Gasteiger partial charge in [0.15, 0.2) is 0 Å². The molecule has 2 aromatic carbocycles. The molecule has 2 fully saturated rings. The Morgan fingerprint density at radius 3 is 2.53 bits per heavy atom. The van der Waals surface area contributed by atoms with Crippen LogP contribution in [0, 0.1) is 19.8 Å². The second-order valence-electron chi connectivity index (χ2n) is 8.92. The number of hydrogen-bond donors (Lipinski definition) is 1. The molecule has 2 heterocycles. The molecule has 2 aliphatic rings. The molecule has 2 saturated heterocycles. The minimum atomic E-state index is -0.180. The zero-order chi connectivity index (χ0) is 22.5. The fourth-order valence-corrected chi connectivity index (χ4v) is 5.46. The van der Waals surface area contributed by atoms with Crippen LogP contribution in [0.3, 0.4) is 0 Å². The van der Waals surface area contributed by atoms with Gasteiger partial charge in [-0.25, -0.2) is 0 Å². The van der Waals surface area contributed by atoms with Crippen molar-refractivity contribution in [2.24, 2.45) is 5.92 Å². The maximum atomic E-state index is 13.1. The molecule has 0 saturated carbocycles. The lowest BCUT2D eigenvalue weighted by molar-refractivity contribution is -0.121. The average molecular weight is 452 g/mol. The van der Waals surface area contributed by atoms with Crippen molar-refractivity contribution in [3.05, 3.63) is 64.7 Å². The number of amides is 2. The maximum absolute atomic E-state index is 13.1. The van der Waals surface area contributed by atoms with E-state index in [4.69, 9.17) is 0 Å². The lowest BCUT2D eigenvalue weighted by Gasteiger charge is -2.32. The number of benzene rings is 2. The molecule has 1 unspecified atom stereocenters. The lowest BCUT2D eigenvalue weighted by Crippen LogP contribution is -2.43. The molecule has 0 aromatic heterocycles. The molecule has 2 amide bonds. The Morgan fingerprint density at radius 2 is 1.78 bits per heavy atom. The zero-order valence-electron chi connectivity index (χ0n) is 19.1. The summed E-state index contributed by atoms with van der Waals surface area (Å²) >= 11 is 2.02. The Morgan fingerprint density at radius 1 is 1.03 bits per heavy atom. The molecule has 4 rings (SSSR count). The molecule has 2 aromatic rings. The van der Waals surface area contributed by atoms with Crippen molar-refractivity contribution in [3.63, 3.8) is 0 Å². The minimum Gasteiger partial charge on any atom is -0.338 e. The van der Waals surface area contributed by atoms with E-state index in [1.54, 1.807) is 0 Å². The number of thioether (sulfide) groups is 1. The number of nitrogens with one attached hydrogen (secondary N) is 1. The number of likely N-dealkylation sites (tertiary alicyclic amines) is 1. The number of carbonyl (C=O) groups excluding carboxylic acids is 2. The molecule has 1 N–H and O–H groups in total. The summed E-state index contributed by atoms with van der Waals surface area (Å²) in [5.41, 5.74) is 5.13. The van der Waals surface area contributed by atoms with Crippen molar-refractivity contribution < 1.29 is 9.59 Å². The summed E-state index contributed by atoms with van der Waals surface area (Å²) in [6.45, 7) is 8.46. The molecular weight excluding hydrogens is 418 g/mol. The van der Waals surface area contributed by atoms with Crippen LogP contribution in [0.5, 0.6) is 0 Å². The van der Waals surface area contributed by atoms with Gasteiger partial charge in [0.2, 0.25) is 5.91 Å². The summed E-state index contributed by atoms with van der Waals surface area (Å²) in [5.74, 6) is 2.23. The third-order valence-electron chi connectivity index (χ3n) is 6.58. The Labute approximate surface area is 195 Å². The SMILES string of the molecule is Cc1ccc(C(=O)N2CCCC(C(=O)Nc3cccc(CN4CCSCC4)c3C)C2)cc1. The van der Waals surface area contributed by atoms with Crippen LogP contribution >= 0.6 is 11.8 Å². The van der Waals surface area contributed by atoms with Crippen molar-refractivity contribution in [1.29, 1.82) is 0 Å².